The zero-order chi connectivity index (χ0) is 11.8. The molecule has 3 rings (SSSR count). The second kappa shape index (κ2) is 3.82. The van der Waals surface area contributed by atoms with E-state index in [4.69, 9.17) is 0 Å². The molecule has 0 unspecified atom stereocenters. The average Bonchev–Trinajstić information content (AvgIpc) is 2.75. The third-order valence-corrected chi connectivity index (χ3v) is 3.43. The molecule has 0 bridgehead atoms. The maximum absolute atomic E-state index is 10.0. The van der Waals surface area contributed by atoms with E-state index in [9.17, 15) is 5.11 Å². The van der Waals surface area contributed by atoms with E-state index in [1.807, 2.05) is 37.3 Å². The molecule has 3 aromatic rings. The molecule has 4 heteroatoms. The highest BCUT2D eigenvalue weighted by Crippen LogP contribution is 2.37. The summed E-state index contributed by atoms with van der Waals surface area (Å²) in [4.78, 5) is 1.01. The number of rotatable bonds is 1. The molecule has 0 saturated carbocycles. The Kier molecular flexibility index (Phi) is 2.30. The molecule has 1 heterocycles. The Morgan fingerprint density at radius 3 is 2.71 bits per heavy atom. The monoisotopic (exact) mass is 242 g/mol. The number of phenols is 1. The van der Waals surface area contributed by atoms with Crippen LogP contribution in [0.1, 0.15) is 4.88 Å². The summed E-state index contributed by atoms with van der Waals surface area (Å²) in [5.41, 5.74) is 1.54. The fraction of sp³-hybridized carbons (Fsp3) is 0.0769. The van der Waals surface area contributed by atoms with Gasteiger partial charge in [0.25, 0.3) is 0 Å². The van der Waals surface area contributed by atoms with Gasteiger partial charge in [-0.2, -0.15) is 0 Å². The molecule has 0 saturated heterocycles. The molecule has 0 aliphatic rings. The van der Waals surface area contributed by atoms with Gasteiger partial charge in [0.15, 0.2) is 0 Å². The number of phenolic OH excluding ortho intramolecular Hbond substituents is 1. The number of aromatic nitrogens is 2. The summed E-state index contributed by atoms with van der Waals surface area (Å²) in [5.74, 6) is 0.250. The second-order valence-electron chi connectivity index (χ2n) is 3.86. The number of aryl methyl sites for hydroxylation is 1. The quantitative estimate of drug-likeness (QED) is 0.711. The predicted octanol–water partition coefficient (Wildman–Crippen LogP) is 3.37. The summed E-state index contributed by atoms with van der Waals surface area (Å²) in [6.07, 6.45) is 0. The topological polar surface area (TPSA) is 46.0 Å². The van der Waals surface area contributed by atoms with Crippen molar-refractivity contribution in [2.24, 2.45) is 0 Å². The molecule has 0 amide bonds. The number of nitrogens with zero attached hydrogens (tertiary/aromatic N) is 2. The van der Waals surface area contributed by atoms with Crippen LogP contribution in [0, 0.1) is 6.92 Å². The highest BCUT2D eigenvalue weighted by Gasteiger charge is 2.14. The fourth-order valence-electron chi connectivity index (χ4n) is 1.97. The normalized spacial score (nSPS) is 10.9. The van der Waals surface area contributed by atoms with Crippen molar-refractivity contribution in [3.8, 4) is 17.0 Å². The highest BCUT2D eigenvalue weighted by molar-refractivity contribution is 7.05. The highest BCUT2D eigenvalue weighted by atomic mass is 32.1. The van der Waals surface area contributed by atoms with Crippen molar-refractivity contribution in [1.82, 2.24) is 9.59 Å². The Morgan fingerprint density at radius 1 is 1.12 bits per heavy atom. The van der Waals surface area contributed by atoms with Gasteiger partial charge >= 0.3 is 0 Å². The van der Waals surface area contributed by atoms with Crippen LogP contribution in [0.5, 0.6) is 5.75 Å². The lowest BCUT2D eigenvalue weighted by Crippen LogP contribution is -1.85. The van der Waals surface area contributed by atoms with Crippen molar-refractivity contribution in [2.45, 2.75) is 6.92 Å². The summed E-state index contributed by atoms with van der Waals surface area (Å²) >= 11 is 1.34. The molecule has 0 spiro atoms. The Labute approximate surface area is 103 Å². The van der Waals surface area contributed by atoms with E-state index in [0.29, 0.717) is 0 Å². The number of fused-ring (bicyclic) bond motifs is 1. The Balaban J connectivity index is 2.42. The summed E-state index contributed by atoms with van der Waals surface area (Å²) in [7, 11) is 0. The lowest BCUT2D eigenvalue weighted by atomic mass is 10.0. The van der Waals surface area contributed by atoms with Crippen LogP contribution < -0.4 is 0 Å². The van der Waals surface area contributed by atoms with Gasteiger partial charge in [0.1, 0.15) is 11.4 Å². The van der Waals surface area contributed by atoms with E-state index < -0.39 is 0 Å². The van der Waals surface area contributed by atoms with Gasteiger partial charge in [-0.15, -0.1) is 5.10 Å². The molecule has 17 heavy (non-hydrogen) atoms. The maximum Gasteiger partial charge on any atom is 0.125 e. The molecule has 0 aliphatic heterocycles. The van der Waals surface area contributed by atoms with Crippen LogP contribution in [0.3, 0.4) is 0 Å². The molecule has 3 nitrogen and oxygen atoms in total. The van der Waals surface area contributed by atoms with Gasteiger partial charge in [-0.3, -0.25) is 0 Å². The van der Waals surface area contributed by atoms with Crippen LogP contribution in [0.25, 0.3) is 22.0 Å². The van der Waals surface area contributed by atoms with Gasteiger partial charge in [0.05, 0.1) is 10.4 Å². The van der Waals surface area contributed by atoms with Crippen LogP contribution in [-0.2, 0) is 0 Å². The Bertz CT molecular complexity index is 691. The number of aromatic hydroxyl groups is 1. The van der Waals surface area contributed by atoms with Crippen LogP contribution in [0.4, 0.5) is 0 Å². The zero-order valence-corrected chi connectivity index (χ0v) is 10.0. The molecule has 0 radical (unpaired) electrons. The van der Waals surface area contributed by atoms with Crippen molar-refractivity contribution in [2.75, 3.05) is 0 Å². The van der Waals surface area contributed by atoms with Gasteiger partial charge in [0.2, 0.25) is 0 Å². The van der Waals surface area contributed by atoms with E-state index in [0.717, 1.165) is 26.9 Å². The maximum atomic E-state index is 10.0. The molecule has 0 aliphatic carbocycles. The first-order valence-electron chi connectivity index (χ1n) is 5.27. The number of benzene rings is 2. The third kappa shape index (κ3) is 1.57. The van der Waals surface area contributed by atoms with Gasteiger partial charge in [-0.1, -0.05) is 34.8 Å². The third-order valence-electron chi connectivity index (χ3n) is 2.80. The van der Waals surface area contributed by atoms with Gasteiger partial charge in [-0.25, -0.2) is 0 Å². The van der Waals surface area contributed by atoms with E-state index in [1.165, 1.54) is 11.5 Å². The summed E-state index contributed by atoms with van der Waals surface area (Å²) in [5, 5.41) is 16.2. The average molecular weight is 242 g/mol. The molecule has 1 aromatic heterocycles. The smallest absolute Gasteiger partial charge is 0.125 e. The van der Waals surface area contributed by atoms with Crippen molar-refractivity contribution >= 4 is 22.3 Å². The van der Waals surface area contributed by atoms with Gasteiger partial charge < -0.3 is 5.11 Å². The van der Waals surface area contributed by atoms with Crippen LogP contribution in [0.2, 0.25) is 0 Å². The lowest BCUT2D eigenvalue weighted by Gasteiger charge is -2.07. The second-order valence-corrected chi connectivity index (χ2v) is 4.82. The molecule has 0 fully saturated rings. The van der Waals surface area contributed by atoms with E-state index >= 15 is 0 Å². The van der Waals surface area contributed by atoms with Crippen molar-refractivity contribution in [1.29, 1.82) is 0 Å². The standard InChI is InChI=1S/C13H10N2OS/c1-8-13(14-15-17-8)12-10-5-3-2-4-9(10)6-7-11(12)16/h2-7,16H,1H3. The molecule has 84 valence electrons. The molecular weight excluding hydrogens is 232 g/mol. The minimum atomic E-state index is 0.250. The minimum absolute atomic E-state index is 0.250. The summed E-state index contributed by atoms with van der Waals surface area (Å²) in [6.45, 7) is 1.96. The molecule has 0 atom stereocenters. The largest absolute Gasteiger partial charge is 0.507 e. The lowest BCUT2D eigenvalue weighted by molar-refractivity contribution is 0.478. The van der Waals surface area contributed by atoms with E-state index in [1.54, 1.807) is 6.07 Å². The van der Waals surface area contributed by atoms with Gasteiger partial charge in [-0.05, 0) is 35.3 Å². The van der Waals surface area contributed by atoms with E-state index in [-0.39, 0.29) is 5.75 Å². The predicted molar refractivity (Wildman–Crippen MR) is 69.3 cm³/mol. The number of hydrogen-bond acceptors (Lipinski definition) is 4. The molecular formula is C13H10N2OS. The van der Waals surface area contributed by atoms with Crippen LogP contribution >= 0.6 is 11.5 Å². The Morgan fingerprint density at radius 2 is 1.94 bits per heavy atom. The molecule has 1 N–H and O–H groups in total. The van der Waals surface area contributed by atoms with Gasteiger partial charge in [0, 0.05) is 0 Å². The van der Waals surface area contributed by atoms with Crippen LogP contribution in [0.15, 0.2) is 36.4 Å². The fourth-order valence-corrected chi connectivity index (χ4v) is 2.45. The zero-order valence-electron chi connectivity index (χ0n) is 9.21. The van der Waals surface area contributed by atoms with Crippen LogP contribution in [-0.4, -0.2) is 14.7 Å². The molecule has 2 aromatic carbocycles. The summed E-state index contributed by atoms with van der Waals surface area (Å²) in [6, 6.07) is 11.6. The minimum Gasteiger partial charge on any atom is -0.507 e. The Hall–Kier alpha value is -1.94. The first-order valence-corrected chi connectivity index (χ1v) is 6.05. The SMILES string of the molecule is Cc1snnc1-c1c(O)ccc2ccccc12. The number of hydrogen-bond donors (Lipinski definition) is 1. The first-order chi connectivity index (χ1) is 8.27. The van der Waals surface area contributed by atoms with E-state index in [2.05, 4.69) is 9.59 Å². The van der Waals surface area contributed by atoms with Crippen molar-refractivity contribution in [3.05, 3.63) is 41.3 Å². The summed E-state index contributed by atoms with van der Waals surface area (Å²) < 4.78 is 3.93. The first kappa shape index (κ1) is 10.2. The van der Waals surface area contributed by atoms with Crippen molar-refractivity contribution < 1.29 is 5.11 Å². The van der Waals surface area contributed by atoms with Crippen molar-refractivity contribution in [3.63, 3.8) is 0 Å².